The van der Waals surface area contributed by atoms with Gasteiger partial charge in [0.25, 0.3) is 0 Å². The highest BCUT2D eigenvalue weighted by Gasteiger charge is 2.19. The normalized spacial score (nSPS) is 15.1. The third-order valence-electron chi connectivity index (χ3n) is 6.20. The number of fused-ring (bicyclic) bond motifs is 1. The van der Waals surface area contributed by atoms with Crippen LogP contribution in [0.1, 0.15) is 11.1 Å². The Morgan fingerprint density at radius 2 is 1.52 bits per heavy atom. The molecule has 1 saturated heterocycles. The summed E-state index contributed by atoms with van der Waals surface area (Å²) in [6, 6.07) is 12.4. The number of piperazine rings is 1. The van der Waals surface area contributed by atoms with Crippen molar-refractivity contribution in [3.05, 3.63) is 53.8 Å². The van der Waals surface area contributed by atoms with E-state index in [4.69, 9.17) is 23.4 Å². The van der Waals surface area contributed by atoms with Crippen LogP contribution in [0.3, 0.4) is 0 Å². The van der Waals surface area contributed by atoms with Gasteiger partial charge in [0.1, 0.15) is 5.58 Å². The zero-order valence-electron chi connectivity index (χ0n) is 19.8. The second kappa shape index (κ2) is 11.4. The maximum absolute atomic E-state index is 5.91. The number of hydrogen-bond donors (Lipinski definition) is 0. The molecule has 1 aromatic heterocycles. The molecular weight excluding hydrogens is 420 g/mol. The summed E-state index contributed by atoms with van der Waals surface area (Å²) in [5.41, 5.74) is 3.38. The van der Waals surface area contributed by atoms with E-state index >= 15 is 0 Å². The number of furan rings is 1. The van der Waals surface area contributed by atoms with Crippen LogP contribution in [0.25, 0.3) is 11.0 Å². The minimum absolute atomic E-state index is 0.635. The second-order valence-electron chi connectivity index (χ2n) is 8.31. The molecule has 1 aliphatic rings. The first-order valence-corrected chi connectivity index (χ1v) is 11.5. The Labute approximate surface area is 195 Å². The predicted octanol–water partition coefficient (Wildman–Crippen LogP) is 3.84. The smallest absolute Gasteiger partial charge is 0.203 e. The first-order chi connectivity index (χ1) is 16.2. The van der Waals surface area contributed by atoms with E-state index in [1.807, 2.05) is 24.3 Å². The van der Waals surface area contributed by atoms with Gasteiger partial charge in [0.15, 0.2) is 11.5 Å². The van der Waals surface area contributed by atoms with Gasteiger partial charge in [-0.05, 0) is 47.9 Å². The summed E-state index contributed by atoms with van der Waals surface area (Å²) in [6.45, 7) is 7.49. The van der Waals surface area contributed by atoms with E-state index in [1.54, 1.807) is 27.6 Å². The molecule has 1 aliphatic heterocycles. The van der Waals surface area contributed by atoms with Crippen LogP contribution in [0, 0.1) is 0 Å². The topological polar surface area (TPSA) is 56.5 Å². The van der Waals surface area contributed by atoms with Gasteiger partial charge in [-0.15, -0.1) is 0 Å². The highest BCUT2D eigenvalue weighted by molar-refractivity contribution is 5.77. The molecule has 0 atom stereocenters. The molecule has 0 amide bonds. The average Bonchev–Trinajstić information content (AvgIpc) is 3.32. The third-order valence-corrected chi connectivity index (χ3v) is 6.20. The molecule has 178 valence electrons. The number of benzene rings is 2. The Morgan fingerprint density at radius 3 is 2.21 bits per heavy atom. The molecular formula is C26H34N2O5. The van der Waals surface area contributed by atoms with Crippen molar-refractivity contribution in [2.24, 2.45) is 0 Å². The van der Waals surface area contributed by atoms with Crippen molar-refractivity contribution in [1.82, 2.24) is 9.80 Å². The van der Waals surface area contributed by atoms with Gasteiger partial charge in [-0.2, -0.15) is 0 Å². The van der Waals surface area contributed by atoms with Crippen LogP contribution < -0.4 is 14.2 Å². The zero-order valence-corrected chi connectivity index (χ0v) is 19.8. The average molecular weight is 455 g/mol. The number of nitrogens with zero attached hydrogens (tertiary/aromatic N) is 2. The molecule has 4 rings (SSSR count). The van der Waals surface area contributed by atoms with Gasteiger partial charge in [0.05, 0.1) is 40.8 Å². The minimum atomic E-state index is 0.635. The van der Waals surface area contributed by atoms with Crippen LogP contribution >= 0.6 is 0 Å². The summed E-state index contributed by atoms with van der Waals surface area (Å²) in [5.74, 6) is 2.04. The van der Waals surface area contributed by atoms with Crippen LogP contribution in [0.4, 0.5) is 0 Å². The number of rotatable bonds is 11. The van der Waals surface area contributed by atoms with Gasteiger partial charge in [-0.25, -0.2) is 0 Å². The van der Waals surface area contributed by atoms with Crippen LogP contribution in [0.2, 0.25) is 0 Å². The maximum Gasteiger partial charge on any atom is 0.203 e. The Balaban J connectivity index is 1.16. The molecule has 7 nitrogen and oxygen atoms in total. The lowest BCUT2D eigenvalue weighted by atomic mass is 10.1. The molecule has 0 bridgehead atoms. The summed E-state index contributed by atoms with van der Waals surface area (Å²) in [4.78, 5) is 4.94. The molecule has 0 saturated carbocycles. The quantitative estimate of drug-likeness (QED) is 0.408. The molecule has 1 fully saturated rings. The largest absolute Gasteiger partial charge is 0.493 e. The van der Waals surface area contributed by atoms with Gasteiger partial charge >= 0.3 is 0 Å². The molecule has 7 heteroatoms. The Kier molecular flexibility index (Phi) is 8.10. The van der Waals surface area contributed by atoms with E-state index in [0.717, 1.165) is 75.4 Å². The first-order valence-electron chi connectivity index (χ1n) is 11.5. The fraction of sp³-hybridized carbons (Fsp3) is 0.462. The van der Waals surface area contributed by atoms with Gasteiger partial charge < -0.3 is 23.4 Å². The fourth-order valence-corrected chi connectivity index (χ4v) is 4.31. The SMILES string of the molecule is COc1cc(CN2CCN(CCOCCc3ccc4occc4c3)CC2)cc(OC)c1OC. The van der Waals surface area contributed by atoms with Gasteiger partial charge in [-0.3, -0.25) is 9.80 Å². The van der Waals surface area contributed by atoms with Crippen LogP contribution in [0.15, 0.2) is 47.1 Å². The van der Waals surface area contributed by atoms with Gasteiger partial charge in [-0.1, -0.05) is 6.07 Å². The number of hydrogen-bond acceptors (Lipinski definition) is 7. The number of methoxy groups -OCH3 is 3. The summed E-state index contributed by atoms with van der Waals surface area (Å²) in [7, 11) is 4.93. The second-order valence-corrected chi connectivity index (χ2v) is 8.31. The van der Waals surface area contributed by atoms with Crippen LogP contribution in [-0.4, -0.2) is 77.1 Å². The van der Waals surface area contributed by atoms with E-state index in [2.05, 4.69) is 21.9 Å². The summed E-state index contributed by atoms with van der Waals surface area (Å²) >= 11 is 0. The maximum atomic E-state index is 5.91. The van der Waals surface area contributed by atoms with E-state index in [-0.39, 0.29) is 0 Å². The Morgan fingerprint density at radius 1 is 0.788 bits per heavy atom. The predicted molar refractivity (Wildman–Crippen MR) is 129 cm³/mol. The zero-order chi connectivity index (χ0) is 23.0. The van der Waals surface area contributed by atoms with Crippen molar-refractivity contribution in [2.45, 2.75) is 13.0 Å². The lowest BCUT2D eigenvalue weighted by molar-refractivity contribution is 0.0747. The summed E-state index contributed by atoms with van der Waals surface area (Å²) in [6.07, 6.45) is 2.65. The lowest BCUT2D eigenvalue weighted by Crippen LogP contribution is -2.46. The molecule has 0 spiro atoms. The molecule has 3 aromatic rings. The van der Waals surface area contributed by atoms with Gasteiger partial charge in [0, 0.05) is 44.7 Å². The highest BCUT2D eigenvalue weighted by Crippen LogP contribution is 2.38. The summed E-state index contributed by atoms with van der Waals surface area (Å²) in [5, 5.41) is 1.15. The van der Waals surface area contributed by atoms with Gasteiger partial charge in [0.2, 0.25) is 5.75 Å². The van der Waals surface area contributed by atoms with Crippen LogP contribution in [-0.2, 0) is 17.7 Å². The molecule has 2 heterocycles. The van der Waals surface area contributed by atoms with Crippen molar-refractivity contribution in [3.8, 4) is 17.2 Å². The minimum Gasteiger partial charge on any atom is -0.493 e. The monoisotopic (exact) mass is 454 g/mol. The van der Waals surface area contributed by atoms with E-state index < -0.39 is 0 Å². The Hall–Kier alpha value is -2.74. The first kappa shape index (κ1) is 23.4. The van der Waals surface area contributed by atoms with Crippen molar-refractivity contribution in [2.75, 3.05) is 67.3 Å². The van der Waals surface area contributed by atoms with E-state index in [1.165, 1.54) is 5.56 Å². The highest BCUT2D eigenvalue weighted by atomic mass is 16.5. The molecule has 2 aromatic carbocycles. The van der Waals surface area contributed by atoms with Crippen molar-refractivity contribution in [1.29, 1.82) is 0 Å². The Bertz CT molecular complexity index is 1000. The van der Waals surface area contributed by atoms with E-state index in [0.29, 0.717) is 17.2 Å². The molecule has 33 heavy (non-hydrogen) atoms. The van der Waals surface area contributed by atoms with Crippen molar-refractivity contribution < 1.29 is 23.4 Å². The van der Waals surface area contributed by atoms with E-state index in [9.17, 15) is 0 Å². The molecule has 0 unspecified atom stereocenters. The third kappa shape index (κ3) is 5.99. The van der Waals surface area contributed by atoms with Crippen LogP contribution in [0.5, 0.6) is 17.2 Å². The molecule has 0 radical (unpaired) electrons. The fourth-order valence-electron chi connectivity index (χ4n) is 4.31. The number of ether oxygens (including phenoxy) is 4. The standard InChI is InChI=1S/C26H34N2O5/c1-29-24-17-21(18-25(30-2)26(24)31-3)19-28-10-8-27(9-11-28)12-15-32-13-6-20-4-5-23-22(16-20)7-14-33-23/h4-5,7,14,16-18H,6,8-13,15,19H2,1-3H3. The van der Waals surface area contributed by atoms with Crippen molar-refractivity contribution in [3.63, 3.8) is 0 Å². The summed E-state index contributed by atoms with van der Waals surface area (Å²) < 4.78 is 27.7. The lowest BCUT2D eigenvalue weighted by Gasteiger charge is -2.34. The molecule has 0 aliphatic carbocycles. The van der Waals surface area contributed by atoms with Crippen molar-refractivity contribution >= 4 is 11.0 Å². The molecule has 0 N–H and O–H groups in total.